The van der Waals surface area contributed by atoms with Gasteiger partial charge in [0.2, 0.25) is 5.91 Å². The Labute approximate surface area is 266 Å². The molecule has 0 saturated carbocycles. The Morgan fingerprint density at radius 3 is 2.35 bits per heavy atom. The van der Waals surface area contributed by atoms with Crippen LogP contribution in [0.5, 0.6) is 5.75 Å². The van der Waals surface area contributed by atoms with Gasteiger partial charge < -0.3 is 20.5 Å². The minimum Gasteiger partial charge on any atom is -0.495 e. The van der Waals surface area contributed by atoms with E-state index in [9.17, 15) is 27.9 Å². The van der Waals surface area contributed by atoms with Gasteiger partial charge >= 0.3 is 12.0 Å². The van der Waals surface area contributed by atoms with Crippen LogP contribution in [0.1, 0.15) is 36.1 Å². The first-order chi connectivity index (χ1) is 21.8. The largest absolute Gasteiger partial charge is 0.495 e. The quantitative estimate of drug-likeness (QED) is 0.280. The molecule has 1 aliphatic rings. The number of sulfonamides is 1. The maximum atomic E-state index is 13.2. The standard InChI is InChI=1S/C31H35N7O7S/c1-19-8-6-7-9-23(19)35-31(42)36-24-12-10-21(14-26(24)45-5)15-29(39)37(3)27-13-11-22(17-33-27)25(16-30(40)41)38(4)46(43,44)28-18-32-20(2)34-28/h6-14,17,25H,15-16,18H2,1-5H3,(H,40,41)(H2,35,36,42). The van der Waals surface area contributed by atoms with Crippen molar-refractivity contribution in [2.45, 2.75) is 32.7 Å². The first-order valence-corrected chi connectivity index (χ1v) is 15.6. The van der Waals surface area contributed by atoms with Gasteiger partial charge in [0.25, 0.3) is 10.0 Å². The Hall–Kier alpha value is -5.15. The second-order valence-corrected chi connectivity index (χ2v) is 12.5. The van der Waals surface area contributed by atoms with Gasteiger partial charge in [0.1, 0.15) is 17.4 Å². The van der Waals surface area contributed by atoms with E-state index in [2.05, 4.69) is 25.6 Å². The monoisotopic (exact) mass is 649 g/mol. The second kappa shape index (κ2) is 14.3. The first-order valence-electron chi connectivity index (χ1n) is 14.1. The number of hydrogen-bond donors (Lipinski definition) is 3. The Bertz CT molecular complexity index is 1810. The minimum absolute atomic E-state index is 0.0157. The van der Waals surface area contributed by atoms with E-state index in [0.29, 0.717) is 34.1 Å². The molecule has 3 amide bonds. The maximum Gasteiger partial charge on any atom is 0.323 e. The third kappa shape index (κ3) is 7.92. The number of aryl methyl sites for hydroxylation is 1. The molecule has 4 rings (SSSR count). The SMILES string of the molecule is COc1cc(CC(=O)N(C)c2ccc(C(CC(=O)O)N(C)S(=O)(=O)C3=NC(C)=NC3)cn2)ccc1NC(=O)Nc1ccccc1C. The number of hydrogen-bond acceptors (Lipinski definition) is 9. The molecule has 15 heteroatoms. The van der Waals surface area contributed by atoms with Crippen LogP contribution < -0.4 is 20.3 Å². The summed E-state index contributed by atoms with van der Waals surface area (Å²) in [7, 11) is 0.190. The summed E-state index contributed by atoms with van der Waals surface area (Å²) in [6.07, 6.45) is 0.819. The normalized spacial score (nSPS) is 13.4. The molecule has 0 spiro atoms. The number of carboxylic acid groups (broad SMARTS) is 1. The van der Waals surface area contributed by atoms with E-state index < -0.39 is 34.5 Å². The van der Waals surface area contributed by atoms with Crippen LogP contribution in [-0.2, 0) is 26.0 Å². The third-order valence-corrected chi connectivity index (χ3v) is 9.18. The third-order valence-electron chi connectivity index (χ3n) is 7.35. The van der Waals surface area contributed by atoms with Gasteiger partial charge in [-0.25, -0.2) is 23.2 Å². The number of amidine groups is 1. The molecule has 0 fully saturated rings. The summed E-state index contributed by atoms with van der Waals surface area (Å²) < 4.78 is 32.7. The number of pyridine rings is 1. The van der Waals surface area contributed by atoms with Crippen LogP contribution in [0.15, 0.2) is 70.8 Å². The summed E-state index contributed by atoms with van der Waals surface area (Å²) in [5.74, 6) is -0.544. The minimum atomic E-state index is -4.09. The molecule has 0 saturated heterocycles. The van der Waals surface area contributed by atoms with Crippen LogP contribution in [0.25, 0.3) is 0 Å². The number of benzene rings is 2. The summed E-state index contributed by atoms with van der Waals surface area (Å²) in [5.41, 5.74) is 2.95. The van der Waals surface area contributed by atoms with Crippen LogP contribution in [-0.4, -0.2) is 79.4 Å². The second-order valence-electron chi connectivity index (χ2n) is 10.5. The molecule has 14 nitrogen and oxygen atoms in total. The van der Waals surface area contributed by atoms with Crippen molar-refractivity contribution in [2.24, 2.45) is 9.98 Å². The number of para-hydroxylation sites is 1. The fourth-order valence-corrected chi connectivity index (χ4v) is 6.02. The molecule has 3 aromatic rings. The fraction of sp³-hybridized carbons (Fsp3) is 0.290. The van der Waals surface area contributed by atoms with E-state index in [0.717, 1.165) is 9.87 Å². The lowest BCUT2D eigenvalue weighted by molar-refractivity contribution is -0.138. The van der Waals surface area contributed by atoms with E-state index in [-0.39, 0.29) is 29.7 Å². The van der Waals surface area contributed by atoms with Crippen LogP contribution in [0.3, 0.4) is 0 Å². The zero-order valence-electron chi connectivity index (χ0n) is 26.0. The topological polar surface area (TPSA) is 183 Å². The lowest BCUT2D eigenvalue weighted by Crippen LogP contribution is -2.37. The maximum absolute atomic E-state index is 13.2. The predicted molar refractivity (Wildman–Crippen MR) is 175 cm³/mol. The zero-order valence-corrected chi connectivity index (χ0v) is 26.8. The van der Waals surface area contributed by atoms with Crippen molar-refractivity contribution in [3.8, 4) is 5.75 Å². The smallest absolute Gasteiger partial charge is 0.323 e. The zero-order chi connectivity index (χ0) is 33.6. The fourth-order valence-electron chi connectivity index (χ4n) is 4.68. The van der Waals surface area contributed by atoms with Gasteiger partial charge in [-0.2, -0.15) is 4.31 Å². The van der Waals surface area contributed by atoms with E-state index in [4.69, 9.17) is 4.74 Å². The Morgan fingerprint density at radius 1 is 1.02 bits per heavy atom. The van der Waals surface area contributed by atoms with Crippen molar-refractivity contribution >= 4 is 56.0 Å². The molecule has 2 aromatic carbocycles. The molecule has 242 valence electrons. The van der Waals surface area contributed by atoms with Crippen molar-refractivity contribution < 1.29 is 32.6 Å². The lowest BCUT2D eigenvalue weighted by Gasteiger charge is -2.26. The van der Waals surface area contributed by atoms with E-state index in [1.54, 1.807) is 38.2 Å². The summed E-state index contributed by atoms with van der Waals surface area (Å²) in [6.45, 7) is 3.35. The van der Waals surface area contributed by atoms with Crippen LogP contribution >= 0.6 is 0 Å². The molecule has 0 aliphatic carbocycles. The van der Waals surface area contributed by atoms with Crippen LogP contribution in [0.2, 0.25) is 0 Å². The number of carbonyl (C=O) groups excluding carboxylic acids is 2. The van der Waals surface area contributed by atoms with Gasteiger partial charge in [-0.15, -0.1) is 0 Å². The molecular weight excluding hydrogens is 614 g/mol. The van der Waals surface area contributed by atoms with Gasteiger partial charge in [-0.3, -0.25) is 19.5 Å². The Morgan fingerprint density at radius 2 is 1.74 bits per heavy atom. The highest BCUT2D eigenvalue weighted by Gasteiger charge is 2.35. The van der Waals surface area contributed by atoms with Crippen molar-refractivity contribution in [1.29, 1.82) is 0 Å². The molecule has 0 radical (unpaired) electrons. The molecule has 2 heterocycles. The number of rotatable bonds is 11. The number of likely N-dealkylation sites (N-methyl/N-ethyl adjacent to an activating group) is 1. The van der Waals surface area contributed by atoms with Crippen molar-refractivity contribution in [3.05, 3.63) is 77.5 Å². The number of aliphatic carboxylic acids is 1. The van der Waals surface area contributed by atoms with Crippen molar-refractivity contribution in [3.63, 3.8) is 0 Å². The van der Waals surface area contributed by atoms with E-state index in [1.165, 1.54) is 37.4 Å². The number of aliphatic imine (C=N–C) groups is 2. The highest BCUT2D eigenvalue weighted by Crippen LogP contribution is 2.29. The van der Waals surface area contributed by atoms with Gasteiger partial charge in [0.15, 0.2) is 5.04 Å². The average molecular weight is 650 g/mol. The first kappa shape index (κ1) is 33.7. The van der Waals surface area contributed by atoms with E-state index >= 15 is 0 Å². The number of carbonyl (C=O) groups is 3. The van der Waals surface area contributed by atoms with Gasteiger partial charge in [0, 0.05) is 26.0 Å². The molecule has 0 bridgehead atoms. The van der Waals surface area contributed by atoms with Crippen molar-refractivity contribution in [1.82, 2.24) is 9.29 Å². The number of nitrogens with zero attached hydrogens (tertiary/aromatic N) is 5. The molecular formula is C31H35N7O7S. The number of carboxylic acids is 1. The lowest BCUT2D eigenvalue weighted by atomic mass is 10.1. The van der Waals surface area contributed by atoms with Crippen LogP contribution in [0, 0.1) is 6.92 Å². The average Bonchev–Trinajstić information content (AvgIpc) is 3.48. The highest BCUT2D eigenvalue weighted by molar-refractivity contribution is 8.04. The Balaban J connectivity index is 1.44. The summed E-state index contributed by atoms with van der Waals surface area (Å²) in [4.78, 5) is 51.0. The highest BCUT2D eigenvalue weighted by atomic mass is 32.2. The number of ether oxygens (including phenoxy) is 1. The number of amides is 3. The Kier molecular flexibility index (Phi) is 10.5. The summed E-state index contributed by atoms with van der Waals surface area (Å²) in [5, 5.41) is 14.9. The number of anilines is 3. The van der Waals surface area contributed by atoms with Gasteiger partial charge in [-0.05, 0) is 54.8 Å². The summed E-state index contributed by atoms with van der Waals surface area (Å²) >= 11 is 0. The molecule has 1 unspecified atom stereocenters. The van der Waals surface area contributed by atoms with Crippen molar-refractivity contribution in [2.75, 3.05) is 43.3 Å². The molecule has 3 N–H and O–H groups in total. The predicted octanol–water partition coefficient (Wildman–Crippen LogP) is 3.86. The summed E-state index contributed by atoms with van der Waals surface area (Å²) in [6, 6.07) is 13.9. The molecule has 1 atom stereocenters. The molecule has 1 aliphatic heterocycles. The number of methoxy groups -OCH3 is 1. The van der Waals surface area contributed by atoms with Gasteiger partial charge in [-0.1, -0.05) is 30.3 Å². The number of urea groups is 1. The van der Waals surface area contributed by atoms with Gasteiger partial charge in [0.05, 0.1) is 38.2 Å². The number of nitrogens with one attached hydrogen (secondary N) is 2. The van der Waals surface area contributed by atoms with Crippen LogP contribution in [0.4, 0.5) is 22.0 Å². The molecule has 1 aromatic heterocycles. The number of aromatic nitrogens is 1. The van der Waals surface area contributed by atoms with E-state index in [1.807, 2.05) is 25.1 Å². The molecule has 46 heavy (non-hydrogen) atoms.